The van der Waals surface area contributed by atoms with Gasteiger partial charge in [0.2, 0.25) is 0 Å². The Balaban J connectivity index is 1.21. The zero-order valence-electron chi connectivity index (χ0n) is 19.3. The molecule has 3 aliphatic heterocycles. The molecule has 0 radical (unpaired) electrons. The van der Waals surface area contributed by atoms with Crippen LogP contribution in [-0.4, -0.2) is 60.4 Å². The minimum Gasteiger partial charge on any atom is -0.384 e. The topological polar surface area (TPSA) is 69.7 Å². The Hall–Kier alpha value is -0.240. The van der Waals surface area contributed by atoms with Crippen LogP contribution in [0, 0.1) is 28.6 Å². The molecule has 3 unspecified atom stereocenters. The summed E-state index contributed by atoms with van der Waals surface area (Å²) >= 11 is 0. The van der Waals surface area contributed by atoms with Crippen molar-refractivity contribution >= 4 is 0 Å². The van der Waals surface area contributed by atoms with Crippen molar-refractivity contribution in [1.29, 1.82) is 0 Å². The normalized spacial score (nSPS) is 58.5. The highest BCUT2D eigenvalue weighted by Gasteiger charge is 2.80. The molecule has 6 heteroatoms. The van der Waals surface area contributed by atoms with Gasteiger partial charge in [0.1, 0.15) is 11.2 Å². The minimum atomic E-state index is -0.922. The molecule has 7 aliphatic rings. The van der Waals surface area contributed by atoms with Crippen LogP contribution in [-0.2, 0) is 23.7 Å². The Morgan fingerprint density at radius 1 is 0.742 bits per heavy atom. The van der Waals surface area contributed by atoms with Crippen molar-refractivity contribution in [3.05, 3.63) is 0 Å². The molecule has 2 spiro atoms. The van der Waals surface area contributed by atoms with Crippen LogP contribution in [0.1, 0.15) is 72.1 Å². The first kappa shape index (κ1) is 20.2. The predicted molar refractivity (Wildman–Crippen MR) is 111 cm³/mol. The van der Waals surface area contributed by atoms with Gasteiger partial charge < -0.3 is 28.8 Å². The fourth-order valence-corrected chi connectivity index (χ4v) is 9.88. The molecule has 7 fully saturated rings. The first-order valence-corrected chi connectivity index (χ1v) is 12.7. The number of ether oxygens (including phenoxy) is 5. The second-order valence-electron chi connectivity index (χ2n) is 12.3. The van der Waals surface area contributed by atoms with Crippen LogP contribution >= 0.6 is 0 Å². The van der Waals surface area contributed by atoms with Gasteiger partial charge in [0.15, 0.2) is 11.6 Å². The fourth-order valence-electron chi connectivity index (χ4n) is 9.88. The highest BCUT2D eigenvalue weighted by molar-refractivity contribution is 5.27. The molecule has 0 amide bonds. The van der Waals surface area contributed by atoms with E-state index in [1.807, 2.05) is 6.92 Å². The molecule has 174 valence electrons. The summed E-state index contributed by atoms with van der Waals surface area (Å²) in [5.74, 6) is 0.459. The van der Waals surface area contributed by atoms with Crippen molar-refractivity contribution in [3.63, 3.8) is 0 Å². The van der Waals surface area contributed by atoms with Crippen molar-refractivity contribution in [2.45, 2.75) is 101 Å². The lowest BCUT2D eigenvalue weighted by Crippen LogP contribution is -2.65. The molecule has 7 rings (SSSR count). The van der Waals surface area contributed by atoms with E-state index in [-0.39, 0.29) is 16.4 Å². The minimum absolute atomic E-state index is 0.0664. The Labute approximate surface area is 185 Å². The third-order valence-corrected chi connectivity index (χ3v) is 11.6. The molecule has 4 saturated carbocycles. The number of hydrogen-bond donors (Lipinski definition) is 1. The second kappa shape index (κ2) is 5.87. The summed E-state index contributed by atoms with van der Waals surface area (Å²) in [6.07, 6.45) is 8.44. The maximum Gasteiger partial charge on any atom is 0.195 e. The maximum absolute atomic E-state index is 12.1. The Kier molecular flexibility index (Phi) is 3.82. The molecule has 4 aliphatic carbocycles. The van der Waals surface area contributed by atoms with Crippen LogP contribution in [0.3, 0.4) is 0 Å². The van der Waals surface area contributed by atoms with E-state index in [0.29, 0.717) is 50.3 Å². The van der Waals surface area contributed by atoms with E-state index in [1.165, 1.54) is 0 Å². The molecular formula is C25H38O6. The van der Waals surface area contributed by atoms with Gasteiger partial charge in [0.05, 0.1) is 32.5 Å². The van der Waals surface area contributed by atoms with Crippen molar-refractivity contribution in [1.82, 2.24) is 0 Å². The lowest BCUT2D eigenvalue weighted by atomic mass is 9.43. The SMILES string of the molecule is CC1([C@@]2(O)CCC3C4C[C@@H]5O[C@@]56CC5(CC[C@]6(C)C4CC[C@@]32C)OCCO5)OCCO1. The van der Waals surface area contributed by atoms with Gasteiger partial charge >= 0.3 is 0 Å². The van der Waals surface area contributed by atoms with E-state index in [0.717, 1.165) is 51.4 Å². The van der Waals surface area contributed by atoms with Gasteiger partial charge in [0.25, 0.3) is 0 Å². The molecule has 3 heterocycles. The molecule has 0 bridgehead atoms. The highest BCUT2D eigenvalue weighted by atomic mass is 16.8. The summed E-state index contributed by atoms with van der Waals surface area (Å²) < 4.78 is 31.0. The third kappa shape index (κ3) is 2.17. The summed E-state index contributed by atoms with van der Waals surface area (Å²) in [5.41, 5.74) is -0.989. The number of hydrogen-bond acceptors (Lipinski definition) is 6. The standard InChI is InChI=1S/C25H38O6/c1-20-8-9-23(29-12-13-30-23)15-24(20)19(31-24)14-16-17(20)4-6-21(2)18(16)5-7-25(21,26)22(3)27-10-11-28-22/h16-19,26H,4-15H2,1-3H3/t16?,17?,18?,19-,20+,21-,24-,25+/m0/s1. The predicted octanol–water partition coefficient (Wildman–Crippen LogP) is 3.40. The molecule has 6 nitrogen and oxygen atoms in total. The summed E-state index contributed by atoms with van der Waals surface area (Å²) in [7, 11) is 0. The maximum atomic E-state index is 12.1. The first-order chi connectivity index (χ1) is 14.7. The fraction of sp³-hybridized carbons (Fsp3) is 1.00. The second-order valence-corrected chi connectivity index (χ2v) is 12.3. The van der Waals surface area contributed by atoms with Crippen LogP contribution in [0.4, 0.5) is 0 Å². The van der Waals surface area contributed by atoms with Crippen LogP contribution in [0.25, 0.3) is 0 Å². The average Bonchev–Trinajstić information content (AvgIpc) is 3.07. The van der Waals surface area contributed by atoms with E-state index >= 15 is 0 Å². The molecule has 3 saturated heterocycles. The van der Waals surface area contributed by atoms with Crippen LogP contribution in [0.15, 0.2) is 0 Å². The summed E-state index contributed by atoms with van der Waals surface area (Å²) in [6, 6.07) is 0. The van der Waals surface area contributed by atoms with Gasteiger partial charge in [0, 0.05) is 23.7 Å². The van der Waals surface area contributed by atoms with Gasteiger partial charge in [-0.3, -0.25) is 0 Å². The molecule has 8 atom stereocenters. The van der Waals surface area contributed by atoms with Gasteiger partial charge in [-0.15, -0.1) is 0 Å². The van der Waals surface area contributed by atoms with Crippen LogP contribution < -0.4 is 0 Å². The molecule has 0 aromatic rings. The quantitative estimate of drug-likeness (QED) is 0.638. The smallest absolute Gasteiger partial charge is 0.195 e. The summed E-state index contributed by atoms with van der Waals surface area (Å²) in [5, 5.41) is 12.1. The van der Waals surface area contributed by atoms with E-state index in [2.05, 4.69) is 13.8 Å². The van der Waals surface area contributed by atoms with E-state index in [9.17, 15) is 5.11 Å². The molecule has 0 aromatic heterocycles. The third-order valence-electron chi connectivity index (χ3n) is 11.6. The highest BCUT2D eigenvalue weighted by Crippen LogP contribution is 2.76. The van der Waals surface area contributed by atoms with Crippen molar-refractivity contribution in [2.24, 2.45) is 28.6 Å². The number of fused-ring (bicyclic) bond motifs is 4. The Morgan fingerprint density at radius 2 is 1.39 bits per heavy atom. The average molecular weight is 435 g/mol. The molecule has 31 heavy (non-hydrogen) atoms. The molecular weight excluding hydrogens is 396 g/mol. The lowest BCUT2D eigenvalue weighted by molar-refractivity contribution is -0.301. The number of rotatable bonds is 1. The summed E-state index contributed by atoms with van der Waals surface area (Å²) in [6.45, 7) is 9.38. The Bertz CT molecular complexity index is 789. The Morgan fingerprint density at radius 3 is 2.13 bits per heavy atom. The zero-order valence-corrected chi connectivity index (χ0v) is 19.3. The monoisotopic (exact) mass is 434 g/mol. The molecule has 1 N–H and O–H groups in total. The van der Waals surface area contributed by atoms with Gasteiger partial charge in [-0.1, -0.05) is 13.8 Å². The lowest BCUT2D eigenvalue weighted by Gasteiger charge is -2.61. The van der Waals surface area contributed by atoms with Crippen molar-refractivity contribution < 1.29 is 28.8 Å². The molecule has 0 aromatic carbocycles. The number of epoxide rings is 1. The van der Waals surface area contributed by atoms with Gasteiger partial charge in [-0.05, 0) is 63.2 Å². The summed E-state index contributed by atoms with van der Waals surface area (Å²) in [4.78, 5) is 0. The van der Waals surface area contributed by atoms with Gasteiger partial charge in [-0.2, -0.15) is 0 Å². The zero-order chi connectivity index (χ0) is 21.3. The van der Waals surface area contributed by atoms with Crippen molar-refractivity contribution in [3.8, 4) is 0 Å². The van der Waals surface area contributed by atoms with E-state index in [1.54, 1.807) is 0 Å². The van der Waals surface area contributed by atoms with E-state index < -0.39 is 17.2 Å². The van der Waals surface area contributed by atoms with Crippen LogP contribution in [0.2, 0.25) is 0 Å². The first-order valence-electron chi connectivity index (χ1n) is 12.7. The number of aliphatic hydroxyl groups is 1. The van der Waals surface area contributed by atoms with Crippen molar-refractivity contribution in [2.75, 3.05) is 26.4 Å². The van der Waals surface area contributed by atoms with E-state index in [4.69, 9.17) is 23.7 Å². The van der Waals surface area contributed by atoms with Crippen LogP contribution in [0.5, 0.6) is 0 Å². The largest absolute Gasteiger partial charge is 0.384 e. The van der Waals surface area contributed by atoms with Gasteiger partial charge in [-0.25, -0.2) is 0 Å².